The topological polar surface area (TPSA) is 39.9 Å². The van der Waals surface area contributed by atoms with Gasteiger partial charge in [-0.1, -0.05) is 6.92 Å². The molecule has 0 saturated heterocycles. The smallest absolute Gasteiger partial charge is 0.215 e. The quantitative estimate of drug-likeness (QED) is 0.788. The Morgan fingerprint density at radius 1 is 1.31 bits per heavy atom. The molecular weight excluding hydrogens is 202 g/mol. The lowest BCUT2D eigenvalue weighted by atomic mass is 10.3. The Morgan fingerprint density at radius 2 is 2.19 bits per heavy atom. The summed E-state index contributed by atoms with van der Waals surface area (Å²) in [5, 5.41) is 0. The first-order chi connectivity index (χ1) is 7.85. The van der Waals surface area contributed by atoms with Gasteiger partial charge in [0, 0.05) is 31.1 Å². The van der Waals surface area contributed by atoms with Gasteiger partial charge < -0.3 is 9.30 Å². The van der Waals surface area contributed by atoms with Crippen molar-refractivity contribution in [2.24, 2.45) is 0 Å². The molecule has 0 radical (unpaired) electrons. The zero-order valence-electron chi connectivity index (χ0n) is 9.55. The van der Waals surface area contributed by atoms with Gasteiger partial charge in [-0.3, -0.25) is 0 Å². The second-order valence-electron chi connectivity index (χ2n) is 3.52. The molecule has 2 aromatic rings. The van der Waals surface area contributed by atoms with Crippen LogP contribution < -0.4 is 4.74 Å². The normalized spacial score (nSPS) is 10.4. The van der Waals surface area contributed by atoms with E-state index in [-0.39, 0.29) is 0 Å². The summed E-state index contributed by atoms with van der Waals surface area (Å²) in [5.41, 5.74) is 1.04. The highest BCUT2D eigenvalue weighted by Gasteiger charge is 2.05. The third-order valence-electron chi connectivity index (χ3n) is 2.40. The van der Waals surface area contributed by atoms with E-state index in [9.17, 15) is 0 Å². The molecule has 2 rings (SSSR count). The fourth-order valence-corrected chi connectivity index (χ4v) is 1.64. The highest BCUT2D eigenvalue weighted by Crippen LogP contribution is 2.15. The highest BCUT2D eigenvalue weighted by atomic mass is 16.5. The molecule has 0 aliphatic carbocycles. The van der Waals surface area contributed by atoms with E-state index < -0.39 is 0 Å². The van der Waals surface area contributed by atoms with Crippen molar-refractivity contribution in [3.05, 3.63) is 36.5 Å². The van der Waals surface area contributed by atoms with Gasteiger partial charge in [-0.05, 0) is 12.5 Å². The number of imidazole rings is 1. The Balaban J connectivity index is 2.37. The van der Waals surface area contributed by atoms with E-state index in [1.54, 1.807) is 13.3 Å². The SMILES string of the molecule is CCCc1nccn1-c1ccnc(OC)c1. The van der Waals surface area contributed by atoms with Crippen LogP contribution in [0.5, 0.6) is 5.88 Å². The molecule has 84 valence electrons. The van der Waals surface area contributed by atoms with E-state index >= 15 is 0 Å². The van der Waals surface area contributed by atoms with Crippen molar-refractivity contribution in [1.82, 2.24) is 14.5 Å². The third-order valence-corrected chi connectivity index (χ3v) is 2.40. The Bertz CT molecular complexity index is 465. The lowest BCUT2D eigenvalue weighted by molar-refractivity contribution is 0.397. The fraction of sp³-hybridized carbons (Fsp3) is 0.333. The van der Waals surface area contributed by atoms with Crippen molar-refractivity contribution in [1.29, 1.82) is 0 Å². The van der Waals surface area contributed by atoms with Crippen LogP contribution in [0.4, 0.5) is 0 Å². The summed E-state index contributed by atoms with van der Waals surface area (Å²) in [6.07, 6.45) is 7.57. The van der Waals surface area contributed by atoms with Crippen LogP contribution in [0.2, 0.25) is 0 Å². The van der Waals surface area contributed by atoms with Crippen LogP contribution >= 0.6 is 0 Å². The molecule has 2 aromatic heterocycles. The first kappa shape index (κ1) is 10.7. The maximum absolute atomic E-state index is 5.11. The minimum Gasteiger partial charge on any atom is -0.481 e. The third kappa shape index (κ3) is 2.05. The Kier molecular flexibility index (Phi) is 3.19. The van der Waals surface area contributed by atoms with Crippen LogP contribution in [0.3, 0.4) is 0 Å². The first-order valence-electron chi connectivity index (χ1n) is 5.37. The number of pyridine rings is 1. The molecule has 0 amide bonds. The van der Waals surface area contributed by atoms with Crippen molar-refractivity contribution in [3.63, 3.8) is 0 Å². The molecule has 0 aliphatic heterocycles. The molecule has 2 heterocycles. The first-order valence-corrected chi connectivity index (χ1v) is 5.37. The predicted molar refractivity (Wildman–Crippen MR) is 61.9 cm³/mol. The van der Waals surface area contributed by atoms with E-state index in [4.69, 9.17) is 4.74 Å². The van der Waals surface area contributed by atoms with E-state index in [0.29, 0.717) is 5.88 Å². The molecule has 0 spiro atoms. The molecule has 0 aliphatic rings. The number of aromatic nitrogens is 3. The molecule has 16 heavy (non-hydrogen) atoms. The average Bonchev–Trinajstić information content (AvgIpc) is 2.78. The standard InChI is InChI=1S/C12H15N3O/c1-3-4-11-13-7-8-15(11)10-5-6-14-12(9-10)16-2/h5-9H,3-4H2,1-2H3. The van der Waals surface area contributed by atoms with Crippen LogP contribution in [-0.2, 0) is 6.42 Å². The van der Waals surface area contributed by atoms with Gasteiger partial charge in [0.15, 0.2) is 0 Å². The molecule has 0 N–H and O–H groups in total. The van der Waals surface area contributed by atoms with E-state index in [1.807, 2.05) is 24.5 Å². The van der Waals surface area contributed by atoms with Crippen LogP contribution in [0.25, 0.3) is 5.69 Å². The van der Waals surface area contributed by atoms with Crippen molar-refractivity contribution in [2.45, 2.75) is 19.8 Å². The van der Waals surface area contributed by atoms with Gasteiger partial charge in [0.05, 0.1) is 12.8 Å². The van der Waals surface area contributed by atoms with Gasteiger partial charge in [-0.15, -0.1) is 0 Å². The van der Waals surface area contributed by atoms with Crippen molar-refractivity contribution in [2.75, 3.05) is 7.11 Å². The summed E-state index contributed by atoms with van der Waals surface area (Å²) in [6.45, 7) is 2.14. The second kappa shape index (κ2) is 4.79. The average molecular weight is 217 g/mol. The zero-order valence-corrected chi connectivity index (χ0v) is 9.55. The molecule has 4 nitrogen and oxygen atoms in total. The summed E-state index contributed by atoms with van der Waals surface area (Å²) in [6, 6.07) is 3.85. The number of methoxy groups -OCH3 is 1. The molecular formula is C12H15N3O. The van der Waals surface area contributed by atoms with E-state index in [0.717, 1.165) is 24.4 Å². The summed E-state index contributed by atoms with van der Waals surface area (Å²) in [7, 11) is 1.62. The largest absolute Gasteiger partial charge is 0.481 e. The summed E-state index contributed by atoms with van der Waals surface area (Å²) in [5.74, 6) is 1.68. The lowest BCUT2D eigenvalue weighted by Crippen LogP contribution is -2.01. The van der Waals surface area contributed by atoms with Crippen molar-refractivity contribution < 1.29 is 4.74 Å². The van der Waals surface area contributed by atoms with Gasteiger partial charge >= 0.3 is 0 Å². The fourth-order valence-electron chi connectivity index (χ4n) is 1.64. The summed E-state index contributed by atoms with van der Waals surface area (Å²) >= 11 is 0. The van der Waals surface area contributed by atoms with E-state index in [2.05, 4.69) is 21.5 Å². The number of hydrogen-bond donors (Lipinski definition) is 0. The molecule has 0 bridgehead atoms. The molecule has 0 unspecified atom stereocenters. The Morgan fingerprint density at radius 3 is 2.94 bits per heavy atom. The predicted octanol–water partition coefficient (Wildman–Crippen LogP) is 2.23. The van der Waals surface area contributed by atoms with E-state index in [1.165, 1.54) is 0 Å². The maximum Gasteiger partial charge on any atom is 0.215 e. The minimum atomic E-state index is 0.619. The molecule has 0 atom stereocenters. The Hall–Kier alpha value is -1.84. The number of aryl methyl sites for hydroxylation is 1. The number of rotatable bonds is 4. The van der Waals surface area contributed by atoms with Crippen LogP contribution in [0.1, 0.15) is 19.2 Å². The molecule has 0 fully saturated rings. The Labute approximate surface area is 94.9 Å². The van der Waals surface area contributed by atoms with Gasteiger partial charge in [-0.2, -0.15) is 0 Å². The zero-order chi connectivity index (χ0) is 11.4. The van der Waals surface area contributed by atoms with Crippen molar-refractivity contribution >= 4 is 0 Å². The van der Waals surface area contributed by atoms with Gasteiger partial charge in [0.2, 0.25) is 5.88 Å². The second-order valence-corrected chi connectivity index (χ2v) is 3.52. The van der Waals surface area contributed by atoms with Crippen LogP contribution in [0, 0.1) is 0 Å². The van der Waals surface area contributed by atoms with Crippen LogP contribution in [-0.4, -0.2) is 21.6 Å². The molecule has 0 saturated carbocycles. The summed E-state index contributed by atoms with van der Waals surface area (Å²) in [4.78, 5) is 8.43. The number of nitrogens with zero attached hydrogens (tertiary/aromatic N) is 3. The van der Waals surface area contributed by atoms with Gasteiger partial charge in [0.25, 0.3) is 0 Å². The maximum atomic E-state index is 5.11. The van der Waals surface area contributed by atoms with Gasteiger partial charge in [-0.25, -0.2) is 9.97 Å². The number of ether oxygens (including phenoxy) is 1. The number of hydrogen-bond acceptors (Lipinski definition) is 3. The van der Waals surface area contributed by atoms with Crippen molar-refractivity contribution in [3.8, 4) is 11.6 Å². The van der Waals surface area contributed by atoms with Crippen LogP contribution in [0.15, 0.2) is 30.7 Å². The minimum absolute atomic E-state index is 0.619. The summed E-state index contributed by atoms with van der Waals surface area (Å²) < 4.78 is 7.17. The monoisotopic (exact) mass is 217 g/mol. The highest BCUT2D eigenvalue weighted by molar-refractivity contribution is 5.35. The lowest BCUT2D eigenvalue weighted by Gasteiger charge is -2.07. The molecule has 4 heteroatoms. The van der Waals surface area contributed by atoms with Gasteiger partial charge in [0.1, 0.15) is 5.82 Å². The molecule has 0 aromatic carbocycles.